The molecule has 0 saturated carbocycles. The molecule has 0 aliphatic heterocycles. The van der Waals surface area contributed by atoms with E-state index in [9.17, 15) is 31.4 Å². The largest absolute Gasteiger partial charge is 0.497 e. The van der Waals surface area contributed by atoms with Gasteiger partial charge in [0.2, 0.25) is 0 Å². The van der Waals surface area contributed by atoms with Gasteiger partial charge in [0.05, 0.1) is 176 Å². The number of hydrogen-bond acceptors (Lipinski definition) is 14. The van der Waals surface area contributed by atoms with E-state index in [-0.39, 0.29) is 67.3 Å². The first-order valence-electron chi connectivity index (χ1n) is 29.3. The monoisotopic (exact) mass is 1480 g/mol. The molecule has 0 fully saturated rings. The number of methoxy groups -OCH3 is 1. The van der Waals surface area contributed by atoms with E-state index in [0.29, 0.717) is 54.6 Å². The highest BCUT2D eigenvalue weighted by molar-refractivity contribution is 5.75. The van der Waals surface area contributed by atoms with Gasteiger partial charge in [-0.2, -0.15) is 0 Å². The van der Waals surface area contributed by atoms with Crippen LogP contribution < -0.4 is 67.4 Å². The minimum Gasteiger partial charge on any atom is -0.497 e. The van der Waals surface area contributed by atoms with Gasteiger partial charge in [0.25, 0.3) is 68.4 Å². The Labute approximate surface area is 632 Å². The summed E-state index contributed by atoms with van der Waals surface area (Å²) >= 11 is 0. The van der Waals surface area contributed by atoms with Gasteiger partial charge in [0.15, 0.2) is 23.3 Å². The second-order valence-electron chi connectivity index (χ2n) is 20.4. The van der Waals surface area contributed by atoms with Crippen LogP contribution in [-0.4, -0.2) is 12.2 Å². The SMILES string of the molecule is [C-]#[N+]/C(C#N)=c1/cc(C)/c(=C(\C#N)[N+]#[C-])cc1C.[C-]#[N+]/C(C#N)=c1/cc(F)/c(=C(\C#N)[N+]#[C-])cc1F.[C-]#[N+]/C(C#N)=c1/cc(OC)/c(=C(\C#N)[N+]#[C-])cc1CO.[C-]#[N+]C(C#N)=c1c(C)c(C)c(=C(C#N)[N+]#[C-])c(C)c1C.[C-]#[N+]C(C#N)=c1c(F)c(F)c(=C(C#N)[N+]#[C-])c(F)c1F.[C-]#[N+]C(C#N)=c1ccc(=C(C#N)[N+]#[C-])cc1. The van der Waals surface area contributed by atoms with Crippen LogP contribution in [0.25, 0.3) is 127 Å². The van der Waals surface area contributed by atoms with E-state index in [0.717, 1.165) is 34.4 Å². The number of halogens is 6. The van der Waals surface area contributed by atoms with Crippen LogP contribution in [0.4, 0.5) is 26.3 Å². The van der Waals surface area contributed by atoms with E-state index in [1.165, 1.54) is 31.4 Å². The Morgan fingerprint density at radius 1 is 0.304 bits per heavy atom. The molecule has 112 heavy (non-hydrogen) atoms. The number of hydrogen-bond donors (Lipinski definition) is 1. The Bertz CT molecular complexity index is 6090. The average molecular weight is 1480 g/mol. The fourth-order valence-electron chi connectivity index (χ4n) is 9.15. The first kappa shape index (κ1) is 90.9. The molecule has 0 saturated heterocycles. The lowest BCUT2D eigenvalue weighted by Gasteiger charge is -2.12. The van der Waals surface area contributed by atoms with Gasteiger partial charge in [0.1, 0.15) is 17.4 Å². The number of nitrogens with zero attached hydrogens (tertiary/aromatic N) is 24. The summed E-state index contributed by atoms with van der Waals surface area (Å²) in [5.74, 6) is -9.91. The molecule has 0 unspecified atom stereocenters. The molecule has 0 bridgehead atoms. The molecule has 26 nitrogen and oxygen atoms in total. The van der Waals surface area contributed by atoms with Crippen molar-refractivity contribution in [1.82, 2.24) is 0 Å². The molecular weight excluding hydrogens is 1440 g/mol. The molecule has 0 aliphatic rings. The summed E-state index contributed by atoms with van der Waals surface area (Å²) in [7, 11) is 1.35. The fraction of sp³-hybridized carbons (Fsp3) is 0.100. The summed E-state index contributed by atoms with van der Waals surface area (Å²) in [6.45, 7) is 92.1. The molecule has 0 radical (unpaired) electrons. The third kappa shape index (κ3) is 21.0. The zero-order chi connectivity index (χ0) is 85.4. The normalized spacial score (nSPS) is 10.4. The summed E-state index contributed by atoms with van der Waals surface area (Å²) < 4.78 is 86.8. The van der Waals surface area contributed by atoms with Crippen molar-refractivity contribution in [2.45, 2.75) is 48.1 Å². The van der Waals surface area contributed by atoms with E-state index in [1.54, 1.807) is 74.5 Å². The van der Waals surface area contributed by atoms with Crippen molar-refractivity contribution >= 4 is 68.4 Å². The standard InChI is InChI=1S/C16H12N4.C14H8N4O2.C14H8N4.C12F4N4.C12H2F2N4.C12H4N4/c1-9-10(2)16(14(8-18)20-6)12(4)11(3)15(9)13(7-17)19-5;1-17-12(6-15)10-5-14(20-3)11(4-9(10)8-19)13(7-16)18-2;1-9-5-12(14(8-16)18-4)10(2)6-11(9)13(7-15)17-3;1-19-5(3-17)7-9(13)11(15)8(6(4-18)20-2)12(16)10(7)14;1-17-11(5-15)7-3-10(14)8(4-9(7)13)12(6-16)18-2;1-15-11(7-13)9-3-5-10(6-4-9)12(8-14)16-2/h1-4H3;4-5,19H,8H2,3H3;5-6H,1-2H3;;3-4H;3-6H/b;12-10-,13-11+;13-11-,14-12+;;11-7-,12-8+;. The Kier molecular flexibility index (Phi) is 35.9. The zero-order valence-electron chi connectivity index (χ0n) is 58.3. The summed E-state index contributed by atoms with van der Waals surface area (Å²) in [4.78, 5) is 35.6. The molecule has 32 heteroatoms. The maximum absolute atomic E-state index is 13.6. The van der Waals surface area contributed by atoms with E-state index in [1.807, 2.05) is 52.0 Å². The minimum atomic E-state index is -2.01. The van der Waals surface area contributed by atoms with Crippen LogP contribution in [0.5, 0.6) is 5.75 Å². The second-order valence-corrected chi connectivity index (χ2v) is 20.4. The smallest absolute Gasteiger partial charge is 0.275 e. The minimum absolute atomic E-state index is 0.00660. The number of rotatable bonds is 2. The van der Waals surface area contributed by atoms with Crippen molar-refractivity contribution < 1.29 is 36.2 Å². The van der Waals surface area contributed by atoms with Crippen LogP contribution >= 0.6 is 0 Å². The van der Waals surface area contributed by atoms with Crippen molar-refractivity contribution in [1.29, 1.82) is 63.1 Å². The molecule has 0 amide bonds. The van der Waals surface area contributed by atoms with E-state index >= 15 is 0 Å². The van der Waals surface area contributed by atoms with Crippen LogP contribution in [0.2, 0.25) is 0 Å². The van der Waals surface area contributed by atoms with Gasteiger partial charge in [-0.3, -0.25) is 0 Å². The van der Waals surface area contributed by atoms with Gasteiger partial charge >= 0.3 is 0 Å². The molecule has 6 aromatic carbocycles. The van der Waals surface area contributed by atoms with Crippen molar-refractivity contribution in [3.8, 4) is 78.6 Å². The van der Waals surface area contributed by atoms with Crippen molar-refractivity contribution in [3.63, 3.8) is 0 Å². The van der Waals surface area contributed by atoms with Crippen molar-refractivity contribution in [2.75, 3.05) is 7.11 Å². The van der Waals surface area contributed by atoms with Crippen LogP contribution in [0, 0.1) is 291 Å². The number of nitriles is 12. The first-order valence-corrected chi connectivity index (χ1v) is 29.3. The molecule has 0 heterocycles. The maximum atomic E-state index is 13.6. The van der Waals surface area contributed by atoms with Gasteiger partial charge < -0.3 is 9.84 Å². The molecule has 0 aromatic heterocycles. The Morgan fingerprint density at radius 2 is 0.527 bits per heavy atom. The van der Waals surface area contributed by atoms with Crippen LogP contribution in [-0.2, 0) is 6.61 Å². The topological polar surface area (TPSA) is 367 Å². The molecule has 1 N–H and O–H groups in total. The predicted molar refractivity (Wildman–Crippen MR) is 382 cm³/mol. The molecular formula is C80H34F6N24O2. The van der Waals surface area contributed by atoms with E-state index in [2.05, 4.69) is 58.1 Å². The summed E-state index contributed by atoms with van der Waals surface area (Å²) in [6, 6.07) is 33.2. The number of aliphatic hydroxyl groups excluding tert-OH is 1. The van der Waals surface area contributed by atoms with E-state index < -0.39 is 85.2 Å². The number of benzene rings is 6. The number of ether oxygens (including phenoxy) is 1. The van der Waals surface area contributed by atoms with E-state index in [4.69, 9.17) is 147 Å². The van der Waals surface area contributed by atoms with Gasteiger partial charge in [0, 0.05) is 20.9 Å². The lowest BCUT2D eigenvalue weighted by atomic mass is 9.93. The maximum Gasteiger partial charge on any atom is 0.275 e. The molecule has 6 aromatic rings. The molecule has 0 aliphatic carbocycles. The van der Waals surface area contributed by atoms with Crippen molar-refractivity contribution in [2.24, 2.45) is 0 Å². The predicted octanol–water partition coefficient (Wildman–Crippen LogP) is 6.92. The number of aryl methyl sites for hydroxylation is 2. The highest BCUT2D eigenvalue weighted by Crippen LogP contribution is 2.13. The fourth-order valence-corrected chi connectivity index (χ4v) is 9.15. The molecule has 0 atom stereocenters. The third-order valence-corrected chi connectivity index (χ3v) is 14.6. The van der Waals surface area contributed by atoms with Crippen molar-refractivity contribution in [3.05, 3.63) is 334 Å². The van der Waals surface area contributed by atoms with Gasteiger partial charge in [-0.25, -0.2) is 148 Å². The Balaban J connectivity index is 0.000000673. The van der Waals surface area contributed by atoms with Gasteiger partial charge in [-0.15, -0.1) is 0 Å². The van der Waals surface area contributed by atoms with Gasteiger partial charge in [-0.05, 0) is 96.6 Å². The van der Waals surface area contributed by atoms with Crippen LogP contribution in [0.15, 0.2) is 60.7 Å². The third-order valence-electron chi connectivity index (χ3n) is 14.6. The lowest BCUT2D eigenvalue weighted by molar-refractivity contribution is 0.280. The highest BCUT2D eigenvalue weighted by Gasteiger charge is 2.23. The lowest BCUT2D eigenvalue weighted by Crippen LogP contribution is -2.30. The Hall–Kier alpha value is -19.1. The van der Waals surface area contributed by atoms with Crippen LogP contribution in [0.3, 0.4) is 0 Å². The molecule has 528 valence electrons. The highest BCUT2D eigenvalue weighted by atomic mass is 19.2. The summed E-state index contributed by atoms with van der Waals surface area (Å²) in [6.07, 6.45) is 0. The van der Waals surface area contributed by atoms with Gasteiger partial charge in [-0.1, -0.05) is 75.8 Å². The quantitative estimate of drug-likeness (QED) is 0.104. The Morgan fingerprint density at radius 3 is 0.750 bits per heavy atom. The zero-order valence-corrected chi connectivity index (χ0v) is 58.3. The number of aliphatic hydroxyl groups is 1. The molecule has 0 spiro atoms. The second kappa shape index (κ2) is 44.3. The average Bonchev–Trinajstić information content (AvgIpc) is 0.774. The van der Waals surface area contributed by atoms with Crippen LogP contribution in [0.1, 0.15) is 38.9 Å². The summed E-state index contributed by atoms with van der Waals surface area (Å²) in [5, 5.41) is 114. The summed E-state index contributed by atoms with van der Waals surface area (Å²) in [5.41, 5.74) is 0.924. The molecule has 6 rings (SSSR count). The first-order chi connectivity index (χ1) is 53.5.